The van der Waals surface area contributed by atoms with Gasteiger partial charge in [0.05, 0.1) is 34.8 Å². The molecule has 4 heterocycles. The number of anilines is 1. The number of nitrogens with zero attached hydrogens (tertiary/aromatic N) is 5. The molecule has 1 saturated carbocycles. The summed E-state index contributed by atoms with van der Waals surface area (Å²) in [7, 11) is -1.35. The number of hydrogen-bond acceptors (Lipinski definition) is 7. The zero-order chi connectivity index (χ0) is 28.1. The second kappa shape index (κ2) is 10.4. The molecule has 2 aliphatic heterocycles. The molecule has 2 aromatic carbocycles. The first-order valence-electron chi connectivity index (χ1n) is 14.2. The number of hydrogen-bond donors (Lipinski definition) is 1. The van der Waals surface area contributed by atoms with Crippen LogP contribution in [0.15, 0.2) is 48.7 Å². The first-order valence-corrected chi connectivity index (χ1v) is 15.7. The van der Waals surface area contributed by atoms with Crippen molar-refractivity contribution in [2.45, 2.75) is 31.1 Å². The zero-order valence-electron chi connectivity index (χ0n) is 23.0. The number of fused-ring (bicyclic) bond motifs is 6. The van der Waals surface area contributed by atoms with Crippen LogP contribution in [0.2, 0.25) is 0 Å². The van der Waals surface area contributed by atoms with Crippen LogP contribution < -0.4 is 9.64 Å². The molecule has 2 aromatic heterocycles. The Morgan fingerprint density at radius 2 is 1.88 bits per heavy atom. The smallest absolute Gasteiger partial charge is 0.217 e. The van der Waals surface area contributed by atoms with E-state index < -0.39 is 15.8 Å². The van der Waals surface area contributed by atoms with Gasteiger partial charge >= 0.3 is 0 Å². The van der Waals surface area contributed by atoms with E-state index >= 15 is 4.39 Å². The number of nitrogens with one attached hydrogen (secondary N) is 1. The summed E-state index contributed by atoms with van der Waals surface area (Å²) in [5.41, 5.74) is 5.04. The van der Waals surface area contributed by atoms with E-state index in [0.717, 1.165) is 53.9 Å². The minimum absolute atomic E-state index is 0.248. The minimum atomic E-state index is -3.47. The van der Waals surface area contributed by atoms with Gasteiger partial charge in [0.15, 0.2) is 0 Å². The van der Waals surface area contributed by atoms with Crippen LogP contribution in [0.5, 0.6) is 5.75 Å². The van der Waals surface area contributed by atoms with E-state index in [0.29, 0.717) is 42.9 Å². The van der Waals surface area contributed by atoms with Crippen LogP contribution >= 0.6 is 0 Å². The number of aromatic nitrogens is 3. The number of halogens is 1. The van der Waals surface area contributed by atoms with Crippen molar-refractivity contribution >= 4 is 26.6 Å². The van der Waals surface area contributed by atoms with Crippen LogP contribution in [-0.2, 0) is 16.6 Å². The average Bonchev–Trinajstić information content (AvgIpc) is 3.75. The maximum Gasteiger partial charge on any atom is 0.217 e. The second-order valence-corrected chi connectivity index (χ2v) is 13.4. The Hall–Kier alpha value is -3.54. The van der Waals surface area contributed by atoms with Crippen molar-refractivity contribution in [3.63, 3.8) is 0 Å². The van der Waals surface area contributed by atoms with Gasteiger partial charge in [-0.05, 0) is 62.2 Å². The molecule has 3 aliphatic rings. The van der Waals surface area contributed by atoms with Crippen LogP contribution in [0.25, 0.3) is 33.4 Å². The molecule has 41 heavy (non-hydrogen) atoms. The predicted octanol–water partition coefficient (Wildman–Crippen LogP) is 4.26. The highest BCUT2D eigenvalue weighted by molar-refractivity contribution is 7.90. The Labute approximate surface area is 239 Å². The molecule has 1 saturated heterocycles. The van der Waals surface area contributed by atoms with Crippen molar-refractivity contribution in [1.29, 1.82) is 0 Å². The molecule has 1 N–H and O–H groups in total. The molecule has 0 amide bonds. The van der Waals surface area contributed by atoms with E-state index in [2.05, 4.69) is 44.2 Å². The van der Waals surface area contributed by atoms with Crippen molar-refractivity contribution in [2.24, 2.45) is 0 Å². The maximum atomic E-state index is 15.2. The van der Waals surface area contributed by atoms with E-state index in [-0.39, 0.29) is 24.0 Å². The second-order valence-electron chi connectivity index (χ2n) is 11.2. The Balaban J connectivity index is 1.39. The quantitative estimate of drug-likeness (QED) is 0.390. The minimum Gasteiger partial charge on any atom is -0.493 e. The van der Waals surface area contributed by atoms with Crippen molar-refractivity contribution in [3.8, 4) is 28.3 Å². The number of H-pyrrole nitrogens is 1. The van der Waals surface area contributed by atoms with Crippen LogP contribution in [0, 0.1) is 5.82 Å². The fraction of sp³-hybridized carbons (Fsp3) is 0.400. The Morgan fingerprint density at radius 3 is 2.68 bits per heavy atom. The van der Waals surface area contributed by atoms with E-state index in [4.69, 9.17) is 4.74 Å². The maximum absolute atomic E-state index is 15.2. The lowest BCUT2D eigenvalue weighted by Gasteiger charge is -2.36. The molecule has 0 atom stereocenters. The van der Waals surface area contributed by atoms with Crippen molar-refractivity contribution in [2.75, 3.05) is 51.3 Å². The molecule has 2 fully saturated rings. The topological polar surface area (TPSA) is 94.7 Å². The van der Waals surface area contributed by atoms with E-state index in [1.807, 2.05) is 12.1 Å². The summed E-state index contributed by atoms with van der Waals surface area (Å²) in [6.07, 6.45) is 3.53. The van der Waals surface area contributed by atoms with E-state index in [1.165, 1.54) is 6.07 Å². The predicted molar refractivity (Wildman–Crippen MR) is 157 cm³/mol. The summed E-state index contributed by atoms with van der Waals surface area (Å²) in [5.74, 6) is -0.0493. The van der Waals surface area contributed by atoms with Crippen LogP contribution in [-0.4, -0.2) is 84.4 Å². The van der Waals surface area contributed by atoms with Gasteiger partial charge in [-0.3, -0.25) is 10.1 Å². The third kappa shape index (κ3) is 4.96. The van der Waals surface area contributed by atoms with Gasteiger partial charge in [-0.2, -0.15) is 9.40 Å². The monoisotopic (exact) mass is 576 g/mol. The van der Waals surface area contributed by atoms with Crippen LogP contribution in [0.3, 0.4) is 0 Å². The molecule has 9 nitrogen and oxygen atoms in total. The summed E-state index contributed by atoms with van der Waals surface area (Å²) in [6.45, 7) is 4.46. The average molecular weight is 577 g/mol. The molecule has 4 bridgehead atoms. The van der Waals surface area contributed by atoms with Gasteiger partial charge in [0.25, 0.3) is 0 Å². The van der Waals surface area contributed by atoms with Crippen LogP contribution in [0.4, 0.5) is 10.1 Å². The van der Waals surface area contributed by atoms with E-state index in [1.54, 1.807) is 22.6 Å². The molecule has 0 unspecified atom stereocenters. The summed E-state index contributed by atoms with van der Waals surface area (Å²) in [5, 5.41) is 8.16. The first kappa shape index (κ1) is 26.4. The lowest BCUT2D eigenvalue weighted by molar-refractivity contribution is 0.286. The van der Waals surface area contributed by atoms with E-state index in [9.17, 15) is 8.42 Å². The number of rotatable bonds is 3. The molecular formula is C30H33FN6O3S. The van der Waals surface area contributed by atoms with Gasteiger partial charge in [-0.15, -0.1) is 0 Å². The normalized spacial score (nSPS) is 19.0. The molecule has 0 spiro atoms. The highest BCUT2D eigenvalue weighted by Crippen LogP contribution is 2.38. The van der Waals surface area contributed by atoms with Gasteiger partial charge in [0.2, 0.25) is 10.0 Å². The highest BCUT2D eigenvalue weighted by Gasteiger charge is 2.40. The third-order valence-corrected chi connectivity index (χ3v) is 10.7. The molecule has 7 rings (SSSR count). The molecule has 214 valence electrons. The summed E-state index contributed by atoms with van der Waals surface area (Å²) in [6, 6.07) is 12.8. The lowest BCUT2D eigenvalue weighted by atomic mass is 10.0. The summed E-state index contributed by atoms with van der Waals surface area (Å²) in [4.78, 5) is 9.18. The van der Waals surface area contributed by atoms with Crippen molar-refractivity contribution < 1.29 is 17.5 Å². The third-order valence-electron chi connectivity index (χ3n) is 8.34. The molecule has 1 aliphatic carbocycles. The number of ether oxygens (including phenoxy) is 1. The van der Waals surface area contributed by atoms with Gasteiger partial charge in [0.1, 0.15) is 17.3 Å². The Morgan fingerprint density at radius 1 is 1.05 bits per heavy atom. The van der Waals surface area contributed by atoms with Gasteiger partial charge in [-0.25, -0.2) is 12.8 Å². The molecular weight excluding hydrogens is 543 g/mol. The van der Waals surface area contributed by atoms with Crippen molar-refractivity contribution in [3.05, 3.63) is 60.0 Å². The Bertz CT molecular complexity index is 1710. The number of likely N-dealkylation sites (N-methyl/N-ethyl adjacent to an activating group) is 1. The number of pyridine rings is 1. The SMILES string of the molecule is CN1CCN(c2ccc3cc2CN(S(=O)(=O)C2CC2)CCCOc2cccc(F)c2-c2cc4c-3n[nH]c4cn2)CC1. The fourth-order valence-electron chi connectivity index (χ4n) is 5.85. The standard InChI is InChI=1S/C30H33FN6O3S/c1-35-11-13-36(14-12-35)27-9-6-20-16-21(27)19-37(41(38,39)22-7-8-22)10-3-15-40-28-5-2-4-24(31)29(28)25-17-23-26(18-32-25)33-34-30(20)23/h2,4-6,9,16-18,22H,3,7-8,10-15,19H2,1H3,(H,33,34). The lowest BCUT2D eigenvalue weighted by Crippen LogP contribution is -2.45. The van der Waals surface area contributed by atoms with Gasteiger partial charge in [-0.1, -0.05) is 12.1 Å². The Kier molecular flexibility index (Phi) is 6.67. The largest absolute Gasteiger partial charge is 0.493 e. The van der Waals surface area contributed by atoms with Gasteiger partial charge < -0.3 is 14.5 Å². The summed E-state index contributed by atoms with van der Waals surface area (Å²) < 4.78 is 50.2. The summed E-state index contributed by atoms with van der Waals surface area (Å²) >= 11 is 0. The first-order chi connectivity index (χ1) is 19.9. The molecule has 4 aromatic rings. The number of piperazine rings is 1. The van der Waals surface area contributed by atoms with Crippen molar-refractivity contribution in [1.82, 2.24) is 24.4 Å². The van der Waals surface area contributed by atoms with Crippen LogP contribution in [0.1, 0.15) is 24.8 Å². The fourth-order valence-corrected chi connectivity index (χ4v) is 7.70. The number of benzene rings is 2. The number of sulfonamides is 1. The highest BCUT2D eigenvalue weighted by atomic mass is 32.2. The molecule has 0 radical (unpaired) electrons. The zero-order valence-corrected chi connectivity index (χ0v) is 23.8. The number of aromatic amines is 1. The van der Waals surface area contributed by atoms with Gasteiger partial charge in [0, 0.05) is 55.9 Å². The molecule has 11 heteroatoms.